The van der Waals surface area contributed by atoms with Crippen LogP contribution in [0.15, 0.2) is 22.7 Å². The Labute approximate surface area is 95.0 Å². The molecule has 0 saturated carbocycles. The van der Waals surface area contributed by atoms with Crippen molar-refractivity contribution in [3.8, 4) is 0 Å². The van der Waals surface area contributed by atoms with E-state index in [0.717, 1.165) is 0 Å². The minimum atomic E-state index is -1.67. The number of carboxylic acids is 1. The number of rotatable bonds is 3. The van der Waals surface area contributed by atoms with Crippen molar-refractivity contribution in [1.82, 2.24) is 0 Å². The van der Waals surface area contributed by atoms with Crippen LogP contribution < -0.4 is 0 Å². The van der Waals surface area contributed by atoms with Gasteiger partial charge in [0.05, 0.1) is 0 Å². The van der Waals surface area contributed by atoms with E-state index >= 15 is 0 Å². The molecule has 0 radical (unpaired) electrons. The maximum atomic E-state index is 13.4. The number of carbonyl (C=O) groups is 1. The zero-order chi connectivity index (χ0) is 11.6. The Hall–Kier alpha value is -0.940. The van der Waals surface area contributed by atoms with Crippen molar-refractivity contribution in [1.29, 1.82) is 0 Å². The zero-order valence-electron chi connectivity index (χ0n) is 8.25. The summed E-state index contributed by atoms with van der Waals surface area (Å²) in [6.07, 6.45) is 0. The molecule has 0 aromatic heterocycles. The van der Waals surface area contributed by atoms with Crippen molar-refractivity contribution >= 4 is 21.9 Å². The Bertz CT molecular complexity index is 394. The largest absolute Gasteiger partial charge is 0.479 e. The van der Waals surface area contributed by atoms with Gasteiger partial charge >= 0.3 is 5.97 Å². The Morgan fingerprint density at radius 1 is 1.60 bits per heavy atom. The van der Waals surface area contributed by atoms with Gasteiger partial charge in [0.1, 0.15) is 5.82 Å². The zero-order valence-corrected chi connectivity index (χ0v) is 9.84. The lowest BCUT2D eigenvalue weighted by atomic mass is 9.95. The molecular formula is C10H10BrFO3. The van der Waals surface area contributed by atoms with Crippen LogP contribution >= 0.6 is 15.9 Å². The molecule has 0 aliphatic rings. The average molecular weight is 277 g/mol. The van der Waals surface area contributed by atoms with Crippen LogP contribution in [0.2, 0.25) is 0 Å². The first kappa shape index (κ1) is 12.1. The molecule has 0 bridgehead atoms. The summed E-state index contributed by atoms with van der Waals surface area (Å²) in [5, 5.41) is 8.99. The first-order valence-corrected chi connectivity index (χ1v) is 4.95. The SMILES string of the molecule is COC(C)(C(=O)O)c1cc(Br)ccc1F. The molecule has 1 aromatic carbocycles. The van der Waals surface area contributed by atoms with E-state index in [-0.39, 0.29) is 5.56 Å². The second kappa shape index (κ2) is 4.28. The molecule has 15 heavy (non-hydrogen) atoms. The maximum Gasteiger partial charge on any atom is 0.340 e. The van der Waals surface area contributed by atoms with E-state index in [0.29, 0.717) is 4.47 Å². The van der Waals surface area contributed by atoms with E-state index < -0.39 is 17.4 Å². The van der Waals surface area contributed by atoms with Crippen LogP contribution in [0.3, 0.4) is 0 Å². The van der Waals surface area contributed by atoms with Crippen LogP contribution in [0.5, 0.6) is 0 Å². The van der Waals surface area contributed by atoms with Gasteiger partial charge < -0.3 is 9.84 Å². The van der Waals surface area contributed by atoms with Crippen molar-refractivity contribution in [2.24, 2.45) is 0 Å². The quantitative estimate of drug-likeness (QED) is 0.923. The van der Waals surface area contributed by atoms with E-state index in [2.05, 4.69) is 15.9 Å². The monoisotopic (exact) mass is 276 g/mol. The Morgan fingerprint density at radius 2 is 2.20 bits per heavy atom. The number of ether oxygens (including phenoxy) is 1. The number of halogens is 2. The highest BCUT2D eigenvalue weighted by Crippen LogP contribution is 2.29. The minimum Gasteiger partial charge on any atom is -0.479 e. The molecule has 3 nitrogen and oxygen atoms in total. The van der Waals surface area contributed by atoms with Crippen molar-refractivity contribution in [3.05, 3.63) is 34.1 Å². The van der Waals surface area contributed by atoms with Crippen LogP contribution in [0.25, 0.3) is 0 Å². The van der Waals surface area contributed by atoms with Gasteiger partial charge in [0.15, 0.2) is 5.60 Å². The number of aliphatic carboxylic acids is 1. The predicted octanol–water partition coefficient (Wildman–Crippen LogP) is 2.53. The number of methoxy groups -OCH3 is 1. The molecule has 0 spiro atoms. The van der Waals surface area contributed by atoms with Gasteiger partial charge in [-0.1, -0.05) is 15.9 Å². The molecule has 82 valence electrons. The molecule has 1 rings (SSSR count). The normalized spacial score (nSPS) is 14.7. The highest BCUT2D eigenvalue weighted by molar-refractivity contribution is 9.10. The minimum absolute atomic E-state index is 0.00752. The number of benzene rings is 1. The molecule has 1 N–H and O–H groups in total. The van der Waals surface area contributed by atoms with Crippen LogP contribution in [-0.4, -0.2) is 18.2 Å². The highest BCUT2D eigenvalue weighted by atomic mass is 79.9. The third-order valence-corrected chi connectivity index (χ3v) is 2.75. The van der Waals surface area contributed by atoms with Gasteiger partial charge in [-0.05, 0) is 25.1 Å². The van der Waals surface area contributed by atoms with Gasteiger partial charge in [-0.3, -0.25) is 0 Å². The van der Waals surface area contributed by atoms with Gasteiger partial charge in [-0.2, -0.15) is 0 Å². The molecular weight excluding hydrogens is 267 g/mol. The van der Waals surface area contributed by atoms with E-state index in [4.69, 9.17) is 9.84 Å². The smallest absolute Gasteiger partial charge is 0.340 e. The van der Waals surface area contributed by atoms with Crippen molar-refractivity contribution in [2.75, 3.05) is 7.11 Å². The topological polar surface area (TPSA) is 46.5 Å². The summed E-state index contributed by atoms with van der Waals surface area (Å²) in [5.41, 5.74) is -1.68. The fraction of sp³-hybridized carbons (Fsp3) is 0.300. The van der Waals surface area contributed by atoms with Crippen LogP contribution in [0, 0.1) is 5.82 Å². The first-order chi connectivity index (χ1) is 6.91. The summed E-state index contributed by atoms with van der Waals surface area (Å²) in [4.78, 5) is 11.0. The van der Waals surface area contributed by atoms with Gasteiger partial charge in [0.2, 0.25) is 0 Å². The van der Waals surface area contributed by atoms with Crippen molar-refractivity contribution in [2.45, 2.75) is 12.5 Å². The van der Waals surface area contributed by atoms with E-state index in [1.165, 1.54) is 32.2 Å². The standard InChI is InChI=1S/C10H10BrFO3/c1-10(15-2,9(13)14)7-5-6(11)3-4-8(7)12/h3-5H,1-2H3,(H,13,14). The lowest BCUT2D eigenvalue weighted by molar-refractivity contribution is -0.161. The van der Waals surface area contributed by atoms with Crippen molar-refractivity contribution < 1.29 is 19.0 Å². The third kappa shape index (κ3) is 2.18. The fourth-order valence-electron chi connectivity index (χ4n) is 1.18. The second-order valence-electron chi connectivity index (χ2n) is 3.17. The summed E-state index contributed by atoms with van der Waals surface area (Å²) in [6.45, 7) is 1.31. The first-order valence-electron chi connectivity index (χ1n) is 4.16. The average Bonchev–Trinajstić information content (AvgIpc) is 2.20. The molecule has 1 unspecified atom stereocenters. The Balaban J connectivity index is 3.35. The van der Waals surface area contributed by atoms with E-state index in [9.17, 15) is 9.18 Å². The van der Waals surface area contributed by atoms with Gasteiger partial charge in [0.25, 0.3) is 0 Å². The van der Waals surface area contributed by atoms with Crippen LogP contribution in [0.1, 0.15) is 12.5 Å². The lowest BCUT2D eigenvalue weighted by Gasteiger charge is -2.24. The molecule has 0 fully saturated rings. The number of carboxylic acid groups (broad SMARTS) is 1. The van der Waals surface area contributed by atoms with Crippen LogP contribution in [0.4, 0.5) is 4.39 Å². The van der Waals surface area contributed by atoms with E-state index in [1.54, 1.807) is 0 Å². The van der Waals surface area contributed by atoms with Crippen LogP contribution in [-0.2, 0) is 15.1 Å². The molecule has 0 amide bonds. The van der Waals surface area contributed by atoms with Gasteiger partial charge in [-0.15, -0.1) is 0 Å². The molecule has 0 heterocycles. The second-order valence-corrected chi connectivity index (χ2v) is 4.08. The predicted molar refractivity (Wildman–Crippen MR) is 56.1 cm³/mol. The summed E-state index contributed by atoms with van der Waals surface area (Å²) < 4.78 is 18.9. The number of hydrogen-bond acceptors (Lipinski definition) is 2. The summed E-state index contributed by atoms with van der Waals surface area (Å²) >= 11 is 3.15. The van der Waals surface area contributed by atoms with E-state index in [1.807, 2.05) is 0 Å². The van der Waals surface area contributed by atoms with Gasteiger partial charge in [-0.25, -0.2) is 9.18 Å². The summed E-state index contributed by atoms with van der Waals surface area (Å²) in [5.74, 6) is -1.84. The highest BCUT2D eigenvalue weighted by Gasteiger charge is 2.37. The molecule has 5 heteroatoms. The Morgan fingerprint density at radius 3 is 2.67 bits per heavy atom. The van der Waals surface area contributed by atoms with Crippen molar-refractivity contribution in [3.63, 3.8) is 0 Å². The lowest BCUT2D eigenvalue weighted by Crippen LogP contribution is -2.35. The molecule has 1 atom stereocenters. The molecule has 1 aromatic rings. The molecule has 0 aliphatic carbocycles. The maximum absolute atomic E-state index is 13.4. The molecule has 0 saturated heterocycles. The molecule has 0 aliphatic heterocycles. The summed E-state index contributed by atoms with van der Waals surface area (Å²) in [7, 11) is 1.23. The summed E-state index contributed by atoms with van der Waals surface area (Å²) in [6, 6.07) is 4.09. The number of hydrogen-bond donors (Lipinski definition) is 1. The Kier molecular flexibility index (Phi) is 3.46. The van der Waals surface area contributed by atoms with Gasteiger partial charge in [0, 0.05) is 17.1 Å². The fourth-order valence-corrected chi connectivity index (χ4v) is 1.54. The third-order valence-electron chi connectivity index (χ3n) is 2.26.